The summed E-state index contributed by atoms with van der Waals surface area (Å²) in [5.41, 5.74) is 0.113. The van der Waals surface area contributed by atoms with E-state index in [1.807, 2.05) is 20.8 Å². The fourth-order valence-corrected chi connectivity index (χ4v) is 6.90. The zero-order valence-electron chi connectivity index (χ0n) is 37.9. The van der Waals surface area contributed by atoms with Crippen LogP contribution in [0.1, 0.15) is 101 Å². The molecule has 1 heterocycles. The van der Waals surface area contributed by atoms with Gasteiger partial charge in [-0.2, -0.15) is 0 Å². The summed E-state index contributed by atoms with van der Waals surface area (Å²) in [6.45, 7) is 18.9. The van der Waals surface area contributed by atoms with E-state index in [1.165, 1.54) is 37.7 Å². The van der Waals surface area contributed by atoms with E-state index in [0.29, 0.717) is 23.4 Å². The molecule has 0 saturated carbocycles. The fourth-order valence-electron chi connectivity index (χ4n) is 6.78. The van der Waals surface area contributed by atoms with Crippen LogP contribution in [0.15, 0.2) is 47.6 Å². The lowest BCUT2D eigenvalue weighted by molar-refractivity contribution is -0.159. The molecule has 14 nitrogen and oxygen atoms in total. The molecular formula is C45H70ClN5O9. The first-order valence-electron chi connectivity index (χ1n) is 20.9. The largest absolute Gasteiger partial charge is 0.458 e. The summed E-state index contributed by atoms with van der Waals surface area (Å²) in [4.78, 5) is 85.4. The Morgan fingerprint density at radius 1 is 1.02 bits per heavy atom. The van der Waals surface area contributed by atoms with Crippen molar-refractivity contribution in [2.45, 2.75) is 144 Å². The number of cyclic esters (lactones) is 2. The van der Waals surface area contributed by atoms with Crippen molar-refractivity contribution in [2.24, 2.45) is 17.8 Å². The number of halogens is 1. The first kappa shape index (κ1) is 51.9. The minimum absolute atomic E-state index is 0.0552. The highest BCUT2D eigenvalue weighted by atomic mass is 35.5. The molecule has 1 aliphatic heterocycles. The number of aliphatic hydroxyl groups excluding tert-OH is 1. The standard InChI is InChI=1S/C45H70ClN5O9/c1-14-27(5)38-40(54)49-45(10,11)44(58)60-39(28(6)15-2)30(8)36(52)21-16-29(7)43(57)59-34(22-26(3)4)24-47-31(9)41(55)51(13)35(23-32-17-19-33(46)20-18-32)42(56)50(12)25-37(53)48-38/h15-20,26-27,30-31,34-36,38-39,47,52H,14,21-25H2,1-13H3,(H,48,53)(H,49,54)/b28-15+,29-16+/t27?,30-,31-,34+,35+,36-,38-,39+/m0/s1. The molecule has 1 aliphatic rings. The van der Waals surface area contributed by atoms with Gasteiger partial charge < -0.3 is 40.3 Å². The third-order valence-corrected chi connectivity index (χ3v) is 11.4. The number of benzene rings is 1. The van der Waals surface area contributed by atoms with Crippen LogP contribution in [-0.2, 0) is 44.7 Å². The van der Waals surface area contributed by atoms with E-state index in [2.05, 4.69) is 16.0 Å². The van der Waals surface area contributed by atoms with Gasteiger partial charge in [0.05, 0.1) is 18.7 Å². The van der Waals surface area contributed by atoms with Gasteiger partial charge in [0, 0.05) is 43.6 Å². The Morgan fingerprint density at radius 2 is 1.63 bits per heavy atom. The Kier molecular flexibility index (Phi) is 20.4. The first-order valence-corrected chi connectivity index (χ1v) is 21.3. The summed E-state index contributed by atoms with van der Waals surface area (Å²) in [5.74, 6) is -4.36. The van der Waals surface area contributed by atoms with Crippen molar-refractivity contribution >= 4 is 47.2 Å². The van der Waals surface area contributed by atoms with Gasteiger partial charge in [-0.15, -0.1) is 0 Å². The molecule has 15 heteroatoms. The van der Waals surface area contributed by atoms with Gasteiger partial charge in [-0.05, 0) is 89.5 Å². The SMILES string of the molecule is C/C=C(\C)[C@H]1OC(=O)C(C)(C)NC(=O)[C@H](C(C)CC)NC(=O)CN(C)C(=O)[C@@H](Cc2ccc(Cl)cc2)N(C)C(=O)[C@H](C)NC[C@@H](CC(C)C)OC(=O)/C(C)=C/C[C@H](O)[C@@H]1C. The monoisotopic (exact) mass is 859 g/mol. The van der Waals surface area contributed by atoms with Gasteiger partial charge in [-0.3, -0.25) is 19.2 Å². The van der Waals surface area contributed by atoms with Crippen molar-refractivity contribution in [3.05, 3.63) is 58.1 Å². The highest BCUT2D eigenvalue weighted by molar-refractivity contribution is 6.30. The number of nitrogens with one attached hydrogen (secondary N) is 3. The summed E-state index contributed by atoms with van der Waals surface area (Å²) in [7, 11) is 2.97. The van der Waals surface area contributed by atoms with Crippen LogP contribution in [0.2, 0.25) is 5.02 Å². The number of carbonyl (C=O) groups is 6. The third kappa shape index (κ3) is 15.3. The summed E-state index contributed by atoms with van der Waals surface area (Å²) in [6.07, 6.45) is 2.01. The van der Waals surface area contributed by atoms with E-state index in [1.54, 1.807) is 78.0 Å². The number of likely N-dealkylation sites (N-methyl/N-ethyl adjacent to an activating group) is 2. The molecule has 0 spiro atoms. The molecule has 60 heavy (non-hydrogen) atoms. The maximum atomic E-state index is 14.2. The molecule has 8 atom stereocenters. The number of nitrogens with zero attached hydrogens (tertiary/aromatic N) is 2. The molecule has 0 saturated heterocycles. The van der Waals surface area contributed by atoms with Crippen LogP contribution in [-0.4, -0.2) is 120 Å². The van der Waals surface area contributed by atoms with E-state index >= 15 is 0 Å². The Hall–Kier alpha value is -4.27. The van der Waals surface area contributed by atoms with Crippen molar-refractivity contribution in [3.8, 4) is 0 Å². The summed E-state index contributed by atoms with van der Waals surface area (Å²) in [6, 6.07) is 3.98. The lowest BCUT2D eigenvalue weighted by Gasteiger charge is -2.34. The van der Waals surface area contributed by atoms with Gasteiger partial charge in [0.15, 0.2) is 0 Å². The molecule has 4 amide bonds. The number of amides is 4. The number of aliphatic hydroxyl groups is 1. The van der Waals surface area contributed by atoms with Gasteiger partial charge in [-0.25, -0.2) is 9.59 Å². The quantitative estimate of drug-likeness (QED) is 0.221. The molecule has 1 unspecified atom stereocenters. The molecule has 0 aliphatic carbocycles. The van der Waals surface area contributed by atoms with Crippen LogP contribution in [0, 0.1) is 17.8 Å². The molecule has 0 fully saturated rings. The normalized spacial score (nSPS) is 28.3. The van der Waals surface area contributed by atoms with Gasteiger partial charge >= 0.3 is 11.9 Å². The van der Waals surface area contributed by atoms with Gasteiger partial charge in [0.2, 0.25) is 23.6 Å². The van der Waals surface area contributed by atoms with Crippen molar-refractivity contribution in [3.63, 3.8) is 0 Å². The highest BCUT2D eigenvalue weighted by Gasteiger charge is 2.39. The van der Waals surface area contributed by atoms with E-state index < -0.39 is 90.0 Å². The number of ether oxygens (including phenoxy) is 2. The summed E-state index contributed by atoms with van der Waals surface area (Å²) < 4.78 is 11.9. The molecule has 336 valence electrons. The molecular weight excluding hydrogens is 790 g/mol. The average molecular weight is 861 g/mol. The van der Waals surface area contributed by atoms with Gasteiger partial charge in [0.1, 0.15) is 29.8 Å². The fraction of sp³-hybridized carbons (Fsp3) is 0.644. The van der Waals surface area contributed by atoms with Crippen LogP contribution >= 0.6 is 11.6 Å². The number of hydrogen-bond acceptors (Lipinski definition) is 10. The maximum Gasteiger partial charge on any atom is 0.333 e. The molecule has 0 aromatic heterocycles. The first-order chi connectivity index (χ1) is 27.9. The predicted molar refractivity (Wildman–Crippen MR) is 233 cm³/mol. The Balaban J connectivity index is 2.63. The number of hydrogen-bond donors (Lipinski definition) is 4. The highest BCUT2D eigenvalue weighted by Crippen LogP contribution is 2.25. The van der Waals surface area contributed by atoms with Crippen LogP contribution in [0.5, 0.6) is 0 Å². The van der Waals surface area contributed by atoms with E-state index in [9.17, 15) is 33.9 Å². The van der Waals surface area contributed by atoms with E-state index in [0.717, 1.165) is 5.56 Å². The second-order valence-corrected chi connectivity index (χ2v) is 17.7. The molecule has 1 aromatic rings. The van der Waals surface area contributed by atoms with Crippen LogP contribution in [0.25, 0.3) is 0 Å². The zero-order valence-corrected chi connectivity index (χ0v) is 38.6. The summed E-state index contributed by atoms with van der Waals surface area (Å²) in [5, 5.41) is 20.5. The molecule has 2 rings (SSSR count). The average Bonchev–Trinajstić information content (AvgIpc) is 3.19. The molecule has 4 N–H and O–H groups in total. The van der Waals surface area contributed by atoms with Crippen molar-refractivity contribution in [2.75, 3.05) is 27.2 Å². The van der Waals surface area contributed by atoms with Crippen LogP contribution < -0.4 is 16.0 Å². The lowest BCUT2D eigenvalue weighted by Crippen LogP contribution is -2.60. The lowest BCUT2D eigenvalue weighted by atomic mass is 9.90. The molecule has 1 aromatic carbocycles. The van der Waals surface area contributed by atoms with E-state index in [4.69, 9.17) is 21.1 Å². The minimum Gasteiger partial charge on any atom is -0.458 e. The van der Waals surface area contributed by atoms with E-state index in [-0.39, 0.29) is 36.8 Å². The Labute approximate surface area is 362 Å². The maximum absolute atomic E-state index is 14.2. The van der Waals surface area contributed by atoms with Crippen LogP contribution in [0.3, 0.4) is 0 Å². The van der Waals surface area contributed by atoms with Crippen molar-refractivity contribution < 1.29 is 43.3 Å². The third-order valence-electron chi connectivity index (χ3n) is 11.2. The molecule has 0 radical (unpaired) electrons. The number of allylic oxidation sites excluding steroid dienone is 1. The van der Waals surface area contributed by atoms with Gasteiger partial charge in [0.25, 0.3) is 0 Å². The summed E-state index contributed by atoms with van der Waals surface area (Å²) >= 11 is 6.14. The van der Waals surface area contributed by atoms with Gasteiger partial charge in [-0.1, -0.05) is 76.9 Å². The smallest absolute Gasteiger partial charge is 0.333 e. The van der Waals surface area contributed by atoms with Crippen LogP contribution in [0.4, 0.5) is 0 Å². The predicted octanol–water partition coefficient (Wildman–Crippen LogP) is 4.75. The van der Waals surface area contributed by atoms with Crippen molar-refractivity contribution in [1.29, 1.82) is 0 Å². The minimum atomic E-state index is -1.56. The topological polar surface area (TPSA) is 184 Å². The molecule has 0 bridgehead atoms. The Morgan fingerprint density at radius 3 is 2.20 bits per heavy atom. The number of rotatable bonds is 7. The number of carbonyl (C=O) groups excluding carboxylic acids is 6. The number of esters is 2. The second-order valence-electron chi connectivity index (χ2n) is 17.2. The second kappa shape index (κ2) is 23.7. The Bertz CT molecular complexity index is 1710. The zero-order chi connectivity index (χ0) is 45.6. The van der Waals surface area contributed by atoms with Crippen molar-refractivity contribution in [1.82, 2.24) is 25.8 Å².